The van der Waals surface area contributed by atoms with Gasteiger partial charge in [-0.2, -0.15) is 0 Å². The van der Waals surface area contributed by atoms with Crippen molar-refractivity contribution in [3.8, 4) is 0 Å². The van der Waals surface area contributed by atoms with Gasteiger partial charge in [0.2, 0.25) is 0 Å². The van der Waals surface area contributed by atoms with Crippen molar-refractivity contribution in [1.82, 2.24) is 4.90 Å². The molecule has 0 aromatic heterocycles. The molecule has 15 heavy (non-hydrogen) atoms. The zero-order valence-electron chi connectivity index (χ0n) is 10.9. The zero-order chi connectivity index (χ0) is 12.4. The summed E-state index contributed by atoms with van der Waals surface area (Å²) < 4.78 is 0.574. The molecule has 0 bridgehead atoms. The largest absolute Gasteiger partial charge is 0.411 e. The molecule has 0 spiro atoms. The van der Waals surface area contributed by atoms with Crippen LogP contribution in [0.1, 0.15) is 41.5 Å². The van der Waals surface area contributed by atoms with Gasteiger partial charge in [-0.15, -0.1) is 0 Å². The molecule has 0 saturated carbocycles. The minimum atomic E-state index is 0.421. The molecule has 0 aliphatic carbocycles. The standard InChI is InChI=1S/C7H15NS2.C4H11N/c1-5(2)8(6(3)4)7(9)10;1-3-5-4-2/h5-6H,1-4H3,(H,9,10);5H,3-4H2,1-2H3. The lowest BCUT2D eigenvalue weighted by atomic mass is 10.2. The van der Waals surface area contributed by atoms with Crippen molar-refractivity contribution in [1.29, 1.82) is 0 Å². The van der Waals surface area contributed by atoms with Crippen LogP contribution >= 0.6 is 12.2 Å². The summed E-state index contributed by atoms with van der Waals surface area (Å²) >= 11 is 9.82. The highest BCUT2D eigenvalue weighted by molar-refractivity contribution is 8.00. The normalized spacial score (nSPS) is 9.87. The Balaban J connectivity index is 0. The summed E-state index contributed by atoms with van der Waals surface area (Å²) in [5.41, 5.74) is 0. The molecule has 0 aromatic rings. The number of quaternary nitrogens is 1. The first-order valence-electron chi connectivity index (χ1n) is 5.69. The molecule has 0 aliphatic rings. The summed E-state index contributed by atoms with van der Waals surface area (Å²) in [6, 6.07) is 0.843. The van der Waals surface area contributed by atoms with Gasteiger partial charge in [-0.05, 0) is 41.5 Å². The van der Waals surface area contributed by atoms with E-state index < -0.39 is 0 Å². The second-order valence-electron chi connectivity index (χ2n) is 3.97. The average Bonchev–Trinajstić information content (AvgIpc) is 2.03. The number of rotatable bonds is 4. The van der Waals surface area contributed by atoms with E-state index in [4.69, 9.17) is 24.8 Å². The third kappa shape index (κ3) is 10.4. The van der Waals surface area contributed by atoms with Crippen molar-refractivity contribution in [3.05, 3.63) is 0 Å². The third-order valence-electron chi connectivity index (χ3n) is 1.90. The zero-order valence-corrected chi connectivity index (χ0v) is 12.5. The van der Waals surface area contributed by atoms with E-state index in [0.29, 0.717) is 16.4 Å². The Morgan fingerprint density at radius 3 is 1.47 bits per heavy atom. The molecule has 0 aliphatic heterocycles. The summed E-state index contributed by atoms with van der Waals surface area (Å²) in [6.07, 6.45) is 0. The topological polar surface area (TPSA) is 19.9 Å². The van der Waals surface area contributed by atoms with Crippen molar-refractivity contribution in [3.63, 3.8) is 0 Å². The van der Waals surface area contributed by atoms with Crippen LogP contribution in [0.15, 0.2) is 0 Å². The SMILES string of the molecule is CC(C)N(C(=S)[S-])C(C)C.CC[NH2+]CC. The molecule has 2 N–H and O–H groups in total. The molecule has 0 saturated heterocycles. The second-order valence-corrected chi connectivity index (χ2v) is 5.00. The quantitative estimate of drug-likeness (QED) is 0.603. The van der Waals surface area contributed by atoms with E-state index in [9.17, 15) is 0 Å². The predicted octanol–water partition coefficient (Wildman–Crippen LogP) is 1.53. The summed E-state index contributed by atoms with van der Waals surface area (Å²) in [7, 11) is 0. The Labute approximate surface area is 106 Å². The molecule has 0 rings (SSSR count). The first-order chi connectivity index (χ1) is 6.88. The summed E-state index contributed by atoms with van der Waals surface area (Å²) in [4.78, 5) is 2.05. The lowest BCUT2D eigenvalue weighted by Gasteiger charge is -2.36. The maximum atomic E-state index is 4.91. The molecule has 2 nitrogen and oxygen atoms in total. The van der Waals surface area contributed by atoms with Crippen molar-refractivity contribution in [2.24, 2.45) is 0 Å². The van der Waals surface area contributed by atoms with Crippen LogP contribution in [0.3, 0.4) is 0 Å². The number of nitrogens with zero attached hydrogens (tertiary/aromatic N) is 1. The Morgan fingerprint density at radius 2 is 1.47 bits per heavy atom. The van der Waals surface area contributed by atoms with Crippen LogP contribution in [0.25, 0.3) is 0 Å². The number of nitrogens with two attached hydrogens (primary N) is 1. The van der Waals surface area contributed by atoms with E-state index in [1.807, 2.05) is 4.90 Å². The molecule has 0 unspecified atom stereocenters. The van der Waals surface area contributed by atoms with E-state index in [1.165, 1.54) is 13.1 Å². The molecule has 4 heteroatoms. The van der Waals surface area contributed by atoms with Gasteiger partial charge in [0, 0.05) is 12.1 Å². The Morgan fingerprint density at radius 1 is 1.13 bits per heavy atom. The van der Waals surface area contributed by atoms with Crippen LogP contribution in [0.2, 0.25) is 0 Å². The van der Waals surface area contributed by atoms with Gasteiger partial charge >= 0.3 is 0 Å². The molecule has 0 fully saturated rings. The molecular weight excluding hydrogens is 224 g/mol. The molecule has 0 aromatic carbocycles. The van der Waals surface area contributed by atoms with Crippen molar-refractivity contribution < 1.29 is 5.32 Å². The lowest BCUT2D eigenvalue weighted by molar-refractivity contribution is -0.648. The van der Waals surface area contributed by atoms with Crippen LogP contribution in [0.5, 0.6) is 0 Å². The summed E-state index contributed by atoms with van der Waals surface area (Å²) in [5, 5.41) is 2.25. The number of hydrogen-bond donors (Lipinski definition) is 1. The summed E-state index contributed by atoms with van der Waals surface area (Å²) in [6.45, 7) is 15.1. The van der Waals surface area contributed by atoms with Crippen LogP contribution in [0.4, 0.5) is 0 Å². The highest BCUT2D eigenvalue weighted by Gasteiger charge is 2.08. The molecule has 0 atom stereocenters. The van der Waals surface area contributed by atoms with Gasteiger partial charge in [0.05, 0.1) is 13.1 Å². The first-order valence-corrected chi connectivity index (χ1v) is 6.50. The predicted molar refractivity (Wildman–Crippen MR) is 75.1 cm³/mol. The fraction of sp³-hybridized carbons (Fsp3) is 0.909. The van der Waals surface area contributed by atoms with E-state index in [0.717, 1.165) is 0 Å². The fourth-order valence-electron chi connectivity index (χ4n) is 1.31. The van der Waals surface area contributed by atoms with E-state index in [-0.39, 0.29) is 0 Å². The lowest BCUT2D eigenvalue weighted by Crippen LogP contribution is -2.82. The van der Waals surface area contributed by atoms with E-state index in [2.05, 4.69) is 46.9 Å². The highest BCUT2D eigenvalue weighted by Crippen LogP contribution is 2.05. The molecule has 0 amide bonds. The van der Waals surface area contributed by atoms with E-state index >= 15 is 0 Å². The van der Waals surface area contributed by atoms with Gasteiger partial charge in [0.15, 0.2) is 0 Å². The Bertz CT molecular complexity index is 149. The minimum absolute atomic E-state index is 0.421. The Hall–Kier alpha value is 0.0700. The van der Waals surface area contributed by atoms with E-state index in [1.54, 1.807) is 0 Å². The Kier molecular flexibility index (Phi) is 12.3. The summed E-state index contributed by atoms with van der Waals surface area (Å²) in [5.74, 6) is 0. The van der Waals surface area contributed by atoms with Gasteiger partial charge in [-0.1, -0.05) is 4.32 Å². The van der Waals surface area contributed by atoms with Crippen molar-refractivity contribution in [2.75, 3.05) is 13.1 Å². The van der Waals surface area contributed by atoms with Crippen LogP contribution in [-0.2, 0) is 12.6 Å². The van der Waals surface area contributed by atoms with Gasteiger partial charge in [0.25, 0.3) is 0 Å². The van der Waals surface area contributed by atoms with Crippen molar-refractivity contribution >= 4 is 29.2 Å². The first kappa shape index (κ1) is 17.5. The van der Waals surface area contributed by atoms with Gasteiger partial charge < -0.3 is 35.1 Å². The molecular formula is C11H26N2S2. The monoisotopic (exact) mass is 250 g/mol. The smallest absolute Gasteiger partial charge is 0.0726 e. The maximum Gasteiger partial charge on any atom is 0.0726 e. The van der Waals surface area contributed by atoms with Crippen molar-refractivity contribution in [2.45, 2.75) is 53.6 Å². The highest BCUT2D eigenvalue weighted by atomic mass is 32.1. The van der Waals surface area contributed by atoms with Crippen LogP contribution in [0, 0.1) is 0 Å². The number of hydrogen-bond acceptors (Lipinski definition) is 2. The van der Waals surface area contributed by atoms with Gasteiger partial charge in [-0.3, -0.25) is 0 Å². The minimum Gasteiger partial charge on any atom is -0.411 e. The van der Waals surface area contributed by atoms with Gasteiger partial charge in [0.1, 0.15) is 0 Å². The maximum absolute atomic E-state index is 4.91. The molecule has 0 radical (unpaired) electrons. The molecule has 0 heterocycles. The fourth-order valence-corrected chi connectivity index (χ4v) is 2.15. The second kappa shape index (κ2) is 10.6. The number of thiocarbonyl (C=S) groups is 1. The van der Waals surface area contributed by atoms with Crippen LogP contribution < -0.4 is 5.32 Å². The van der Waals surface area contributed by atoms with Gasteiger partial charge in [-0.25, -0.2) is 0 Å². The van der Waals surface area contributed by atoms with Crippen LogP contribution in [-0.4, -0.2) is 34.4 Å². The average molecular weight is 250 g/mol. The molecule has 92 valence electrons. The third-order valence-corrected chi connectivity index (χ3v) is 2.32.